The van der Waals surface area contributed by atoms with Gasteiger partial charge in [-0.3, -0.25) is 4.98 Å². The SMILES string of the molecule is c1cncc(-c2ncc(-c3ccsc3)[nH]2)c1. The average Bonchev–Trinajstić information content (AvgIpc) is 3.01. The van der Waals surface area contributed by atoms with Crippen molar-refractivity contribution in [2.24, 2.45) is 0 Å². The summed E-state index contributed by atoms with van der Waals surface area (Å²) >= 11 is 1.68. The van der Waals surface area contributed by atoms with E-state index in [0.717, 1.165) is 17.1 Å². The third kappa shape index (κ3) is 1.63. The first-order valence-corrected chi connectivity index (χ1v) is 5.86. The molecule has 0 unspecified atom stereocenters. The molecule has 0 aliphatic rings. The summed E-state index contributed by atoms with van der Waals surface area (Å²) in [5.41, 5.74) is 3.22. The fraction of sp³-hybridized carbons (Fsp3) is 0. The molecule has 78 valence electrons. The smallest absolute Gasteiger partial charge is 0.139 e. The summed E-state index contributed by atoms with van der Waals surface area (Å²) in [5, 5.41) is 4.15. The Morgan fingerprint density at radius 3 is 2.88 bits per heavy atom. The zero-order valence-corrected chi connectivity index (χ0v) is 9.24. The third-order valence-electron chi connectivity index (χ3n) is 2.34. The highest BCUT2D eigenvalue weighted by Crippen LogP contribution is 2.23. The number of H-pyrrole nitrogens is 1. The van der Waals surface area contributed by atoms with E-state index >= 15 is 0 Å². The van der Waals surface area contributed by atoms with E-state index in [4.69, 9.17) is 0 Å². The Balaban J connectivity index is 2.00. The number of hydrogen-bond donors (Lipinski definition) is 1. The number of nitrogens with one attached hydrogen (secondary N) is 1. The number of hydrogen-bond acceptors (Lipinski definition) is 3. The van der Waals surface area contributed by atoms with Gasteiger partial charge in [0.05, 0.1) is 11.9 Å². The summed E-state index contributed by atoms with van der Waals surface area (Å²) < 4.78 is 0. The molecule has 0 aliphatic heterocycles. The Labute approximate surface area is 96.8 Å². The lowest BCUT2D eigenvalue weighted by molar-refractivity contribution is 1.26. The first-order chi connectivity index (χ1) is 7.93. The Kier molecular flexibility index (Phi) is 2.27. The summed E-state index contributed by atoms with van der Waals surface area (Å²) in [5.74, 6) is 0.856. The highest BCUT2D eigenvalue weighted by molar-refractivity contribution is 7.08. The number of thiophene rings is 1. The summed E-state index contributed by atoms with van der Waals surface area (Å²) in [4.78, 5) is 11.7. The fourth-order valence-electron chi connectivity index (χ4n) is 1.54. The van der Waals surface area contributed by atoms with Crippen molar-refractivity contribution in [3.05, 3.63) is 47.5 Å². The third-order valence-corrected chi connectivity index (χ3v) is 3.03. The van der Waals surface area contributed by atoms with Crippen LogP contribution in [0.2, 0.25) is 0 Å². The van der Waals surface area contributed by atoms with E-state index in [1.807, 2.05) is 18.3 Å². The number of rotatable bonds is 2. The van der Waals surface area contributed by atoms with E-state index in [2.05, 4.69) is 31.8 Å². The van der Waals surface area contributed by atoms with Crippen molar-refractivity contribution in [2.75, 3.05) is 0 Å². The van der Waals surface area contributed by atoms with Crippen LogP contribution in [0, 0.1) is 0 Å². The Bertz CT molecular complexity index is 569. The molecular formula is C12H9N3S. The van der Waals surface area contributed by atoms with Gasteiger partial charge in [-0.25, -0.2) is 4.98 Å². The van der Waals surface area contributed by atoms with E-state index in [9.17, 15) is 0 Å². The van der Waals surface area contributed by atoms with Gasteiger partial charge in [-0.15, -0.1) is 0 Å². The molecule has 3 heterocycles. The van der Waals surface area contributed by atoms with Crippen LogP contribution < -0.4 is 0 Å². The molecule has 0 aromatic carbocycles. The summed E-state index contributed by atoms with van der Waals surface area (Å²) in [6.07, 6.45) is 5.41. The molecule has 0 spiro atoms. The van der Waals surface area contributed by atoms with E-state index in [-0.39, 0.29) is 0 Å². The molecule has 0 saturated heterocycles. The van der Waals surface area contributed by atoms with Crippen molar-refractivity contribution in [3.8, 4) is 22.6 Å². The second kappa shape index (κ2) is 3.90. The number of aromatic amines is 1. The minimum atomic E-state index is 0.856. The topological polar surface area (TPSA) is 41.6 Å². The first-order valence-electron chi connectivity index (χ1n) is 4.91. The molecule has 0 amide bonds. The van der Waals surface area contributed by atoms with Crippen molar-refractivity contribution in [2.45, 2.75) is 0 Å². The first kappa shape index (κ1) is 9.30. The normalized spacial score (nSPS) is 10.5. The molecule has 1 N–H and O–H groups in total. The molecule has 3 nitrogen and oxygen atoms in total. The summed E-state index contributed by atoms with van der Waals surface area (Å²) in [6, 6.07) is 5.97. The molecule has 0 saturated carbocycles. The Morgan fingerprint density at radius 1 is 1.12 bits per heavy atom. The second-order valence-electron chi connectivity index (χ2n) is 3.40. The van der Waals surface area contributed by atoms with Gasteiger partial charge in [0.2, 0.25) is 0 Å². The molecule has 0 aliphatic carbocycles. The molecule has 3 aromatic rings. The van der Waals surface area contributed by atoms with Crippen LogP contribution in [0.1, 0.15) is 0 Å². The molecule has 0 radical (unpaired) electrons. The standard InChI is InChI=1S/C12H9N3S/c1-2-9(6-13-4-1)12-14-7-11(15-12)10-3-5-16-8-10/h1-8H,(H,14,15). The van der Waals surface area contributed by atoms with Gasteiger partial charge in [0.25, 0.3) is 0 Å². The highest BCUT2D eigenvalue weighted by atomic mass is 32.1. The van der Waals surface area contributed by atoms with Crippen molar-refractivity contribution in [3.63, 3.8) is 0 Å². The van der Waals surface area contributed by atoms with Crippen LogP contribution in [0.15, 0.2) is 47.5 Å². The maximum absolute atomic E-state index is 4.35. The van der Waals surface area contributed by atoms with Gasteiger partial charge in [-0.1, -0.05) is 0 Å². The molecule has 4 heteroatoms. The second-order valence-corrected chi connectivity index (χ2v) is 4.18. The number of aromatic nitrogens is 3. The number of imidazole rings is 1. The summed E-state index contributed by atoms with van der Waals surface area (Å²) in [7, 11) is 0. The van der Waals surface area contributed by atoms with E-state index < -0.39 is 0 Å². The van der Waals surface area contributed by atoms with Crippen LogP contribution in [0.3, 0.4) is 0 Å². The Morgan fingerprint density at radius 2 is 2.12 bits per heavy atom. The largest absolute Gasteiger partial charge is 0.338 e. The zero-order valence-electron chi connectivity index (χ0n) is 8.42. The maximum Gasteiger partial charge on any atom is 0.139 e. The predicted octanol–water partition coefficient (Wildman–Crippen LogP) is 3.20. The van der Waals surface area contributed by atoms with Gasteiger partial charge in [0.15, 0.2) is 0 Å². The average molecular weight is 227 g/mol. The number of nitrogens with zero attached hydrogens (tertiary/aromatic N) is 2. The summed E-state index contributed by atoms with van der Waals surface area (Å²) in [6.45, 7) is 0. The number of pyridine rings is 1. The fourth-order valence-corrected chi connectivity index (χ4v) is 2.19. The lowest BCUT2D eigenvalue weighted by Crippen LogP contribution is -1.81. The Hall–Kier alpha value is -1.94. The van der Waals surface area contributed by atoms with Crippen LogP contribution in [0.25, 0.3) is 22.6 Å². The minimum absolute atomic E-state index is 0.856. The molecule has 3 rings (SSSR count). The molecular weight excluding hydrogens is 218 g/mol. The van der Waals surface area contributed by atoms with Gasteiger partial charge in [-0.2, -0.15) is 11.3 Å². The molecule has 0 bridgehead atoms. The van der Waals surface area contributed by atoms with Gasteiger partial charge in [0.1, 0.15) is 5.82 Å². The van der Waals surface area contributed by atoms with E-state index in [1.165, 1.54) is 5.56 Å². The highest BCUT2D eigenvalue weighted by Gasteiger charge is 2.04. The van der Waals surface area contributed by atoms with Gasteiger partial charge < -0.3 is 4.98 Å². The van der Waals surface area contributed by atoms with Crippen LogP contribution >= 0.6 is 11.3 Å². The van der Waals surface area contributed by atoms with Crippen LogP contribution in [-0.4, -0.2) is 15.0 Å². The lowest BCUT2D eigenvalue weighted by Gasteiger charge is -1.94. The van der Waals surface area contributed by atoms with Crippen molar-refractivity contribution < 1.29 is 0 Å². The quantitative estimate of drug-likeness (QED) is 0.730. The molecule has 16 heavy (non-hydrogen) atoms. The monoisotopic (exact) mass is 227 g/mol. The molecule has 3 aromatic heterocycles. The van der Waals surface area contributed by atoms with Gasteiger partial charge in [-0.05, 0) is 23.6 Å². The minimum Gasteiger partial charge on any atom is -0.338 e. The van der Waals surface area contributed by atoms with E-state index in [1.54, 1.807) is 23.7 Å². The van der Waals surface area contributed by atoms with Gasteiger partial charge in [0, 0.05) is 28.9 Å². The molecule has 0 fully saturated rings. The van der Waals surface area contributed by atoms with Crippen LogP contribution in [0.4, 0.5) is 0 Å². The van der Waals surface area contributed by atoms with Crippen molar-refractivity contribution in [1.29, 1.82) is 0 Å². The zero-order chi connectivity index (χ0) is 10.8. The van der Waals surface area contributed by atoms with Crippen molar-refractivity contribution in [1.82, 2.24) is 15.0 Å². The lowest BCUT2D eigenvalue weighted by atomic mass is 10.2. The van der Waals surface area contributed by atoms with Crippen LogP contribution in [-0.2, 0) is 0 Å². The van der Waals surface area contributed by atoms with Crippen molar-refractivity contribution >= 4 is 11.3 Å². The van der Waals surface area contributed by atoms with Gasteiger partial charge >= 0.3 is 0 Å². The van der Waals surface area contributed by atoms with E-state index in [0.29, 0.717) is 0 Å². The maximum atomic E-state index is 4.35. The van der Waals surface area contributed by atoms with Crippen LogP contribution in [0.5, 0.6) is 0 Å². The predicted molar refractivity (Wildman–Crippen MR) is 65.1 cm³/mol. The molecule has 0 atom stereocenters.